The predicted molar refractivity (Wildman–Crippen MR) is 284 cm³/mol. The lowest BCUT2D eigenvalue weighted by atomic mass is 9.66. The van der Waals surface area contributed by atoms with Gasteiger partial charge >= 0.3 is 0 Å². The van der Waals surface area contributed by atoms with Crippen molar-refractivity contribution in [2.24, 2.45) is 0 Å². The van der Waals surface area contributed by atoms with Crippen LogP contribution >= 0.6 is 0 Å². The average molecular weight is 862 g/mol. The fraction of sp³-hybridized carbons (Fsp3) is 0.0149. The molecule has 1 heteroatoms. The van der Waals surface area contributed by atoms with Gasteiger partial charge in [0.25, 0.3) is 0 Å². The van der Waals surface area contributed by atoms with E-state index in [1.54, 1.807) is 0 Å². The van der Waals surface area contributed by atoms with E-state index in [0.717, 1.165) is 17.1 Å². The highest BCUT2D eigenvalue weighted by Gasteiger charge is 2.50. The molecule has 0 heterocycles. The molecule has 0 saturated carbocycles. The van der Waals surface area contributed by atoms with E-state index in [0.29, 0.717) is 0 Å². The van der Waals surface area contributed by atoms with Crippen LogP contribution in [0.2, 0.25) is 0 Å². The molecule has 3 aliphatic rings. The molecule has 0 N–H and O–H groups in total. The molecule has 0 aliphatic heterocycles. The van der Waals surface area contributed by atoms with Gasteiger partial charge in [-0.05, 0) is 136 Å². The Morgan fingerprint density at radius 2 is 0.574 bits per heavy atom. The fourth-order valence-electron chi connectivity index (χ4n) is 12.1. The van der Waals surface area contributed by atoms with Crippen LogP contribution in [-0.2, 0) is 5.41 Å². The molecule has 0 bridgehead atoms. The molecule has 0 amide bonds. The molecule has 11 aromatic rings. The van der Waals surface area contributed by atoms with Crippen LogP contribution in [0.5, 0.6) is 0 Å². The van der Waals surface area contributed by atoms with Crippen LogP contribution < -0.4 is 4.90 Å². The van der Waals surface area contributed by atoms with Gasteiger partial charge in [-0.3, -0.25) is 0 Å². The summed E-state index contributed by atoms with van der Waals surface area (Å²) in [4.78, 5) is 2.52. The summed E-state index contributed by atoms with van der Waals surface area (Å²) >= 11 is 0. The Kier molecular flexibility index (Phi) is 8.57. The zero-order chi connectivity index (χ0) is 44.8. The number of hydrogen-bond donors (Lipinski definition) is 0. The molecule has 68 heavy (non-hydrogen) atoms. The summed E-state index contributed by atoms with van der Waals surface area (Å²) in [7, 11) is 0. The highest BCUT2D eigenvalue weighted by atomic mass is 15.1. The van der Waals surface area contributed by atoms with E-state index >= 15 is 0 Å². The summed E-state index contributed by atoms with van der Waals surface area (Å²) < 4.78 is 0. The minimum atomic E-state index is -0.598. The summed E-state index contributed by atoms with van der Waals surface area (Å²) in [5.41, 5.74) is 27.7. The van der Waals surface area contributed by atoms with Crippen molar-refractivity contribution in [3.8, 4) is 89.0 Å². The topological polar surface area (TPSA) is 3.24 Å². The fourth-order valence-corrected chi connectivity index (χ4v) is 12.1. The van der Waals surface area contributed by atoms with Crippen molar-refractivity contribution in [2.75, 3.05) is 4.90 Å². The lowest BCUT2D eigenvalue weighted by Gasteiger charge is -2.36. The van der Waals surface area contributed by atoms with E-state index in [-0.39, 0.29) is 0 Å². The Morgan fingerprint density at radius 1 is 0.221 bits per heavy atom. The van der Waals surface area contributed by atoms with Gasteiger partial charge in [-0.2, -0.15) is 0 Å². The molecular formula is C67H43N. The minimum absolute atomic E-state index is 0.598. The molecule has 0 fully saturated rings. The Morgan fingerprint density at radius 3 is 1.09 bits per heavy atom. The van der Waals surface area contributed by atoms with E-state index in [9.17, 15) is 0 Å². The molecule has 0 radical (unpaired) electrons. The standard InChI is InChI=1S/C67H43N/c1-2-19-44(20-3-1)45-37-39-46(40-38-45)68(47-41-42-56-52-25-7-6-23-50(52)48-21-4-5-22-49(48)51-24-8-11-28-55(51)60(56)43-47)65-36-18-35-64-66(65)59-31-14-17-34-63(59)67(64)61-32-15-12-29-57(61)53-26-9-10-27-54(53)58-30-13-16-33-62(58)67/h1-43H. The maximum absolute atomic E-state index is 2.52. The third-order valence-electron chi connectivity index (χ3n) is 14.9. The van der Waals surface area contributed by atoms with Gasteiger partial charge in [-0.1, -0.05) is 231 Å². The first-order valence-electron chi connectivity index (χ1n) is 23.7. The van der Waals surface area contributed by atoms with E-state index in [1.165, 1.54) is 111 Å². The number of rotatable bonds is 4. The molecule has 1 spiro atoms. The number of benzene rings is 11. The van der Waals surface area contributed by atoms with E-state index < -0.39 is 5.41 Å². The summed E-state index contributed by atoms with van der Waals surface area (Å²) in [6.45, 7) is 0. The van der Waals surface area contributed by atoms with Gasteiger partial charge in [-0.15, -0.1) is 0 Å². The van der Waals surface area contributed by atoms with Crippen molar-refractivity contribution in [3.05, 3.63) is 283 Å². The third-order valence-corrected chi connectivity index (χ3v) is 14.9. The SMILES string of the molecule is c1ccc(-c2ccc(N(c3ccc4c(c3)-c3ccccc3-c3ccccc3-c3ccccc3-4)c3cccc4c3-c3ccccc3C43c4ccccc4-c4ccccc4-c4ccccc43)cc2)cc1. The van der Waals surface area contributed by atoms with Crippen molar-refractivity contribution in [3.63, 3.8) is 0 Å². The van der Waals surface area contributed by atoms with Crippen LogP contribution in [0.3, 0.4) is 0 Å². The zero-order valence-electron chi connectivity index (χ0n) is 37.3. The van der Waals surface area contributed by atoms with Gasteiger partial charge in [-0.25, -0.2) is 0 Å². The Hall–Kier alpha value is -8.78. The average Bonchev–Trinajstić information content (AvgIpc) is 3.66. The lowest BCUT2D eigenvalue weighted by molar-refractivity contribution is 0.775. The summed E-state index contributed by atoms with van der Waals surface area (Å²) in [6, 6.07) is 97.3. The second-order valence-electron chi connectivity index (χ2n) is 18.2. The van der Waals surface area contributed by atoms with Crippen LogP contribution in [0.25, 0.3) is 89.0 Å². The lowest BCUT2D eigenvalue weighted by Crippen LogP contribution is -2.29. The number of anilines is 3. The normalized spacial score (nSPS) is 12.8. The first kappa shape index (κ1) is 38.5. The summed E-state index contributed by atoms with van der Waals surface area (Å²) in [5, 5.41) is 0. The van der Waals surface area contributed by atoms with Crippen LogP contribution in [0.15, 0.2) is 261 Å². The third kappa shape index (κ3) is 5.51. The van der Waals surface area contributed by atoms with Crippen LogP contribution in [0, 0.1) is 0 Å². The quantitative estimate of drug-likeness (QED) is 0.170. The molecular weight excluding hydrogens is 819 g/mol. The predicted octanol–water partition coefficient (Wildman–Crippen LogP) is 17.8. The Bertz CT molecular complexity index is 3730. The van der Waals surface area contributed by atoms with Gasteiger partial charge in [0.2, 0.25) is 0 Å². The molecule has 1 nitrogen and oxygen atoms in total. The monoisotopic (exact) mass is 861 g/mol. The maximum atomic E-state index is 2.52. The highest BCUT2D eigenvalue weighted by molar-refractivity contribution is 6.06. The van der Waals surface area contributed by atoms with E-state index in [4.69, 9.17) is 0 Å². The summed E-state index contributed by atoms with van der Waals surface area (Å²) in [6.07, 6.45) is 0. The Balaban J connectivity index is 1.07. The van der Waals surface area contributed by atoms with Gasteiger partial charge in [0.05, 0.1) is 11.1 Å². The second-order valence-corrected chi connectivity index (χ2v) is 18.2. The summed E-state index contributed by atoms with van der Waals surface area (Å²) in [5.74, 6) is 0. The van der Waals surface area contributed by atoms with Crippen molar-refractivity contribution < 1.29 is 0 Å². The van der Waals surface area contributed by atoms with Crippen LogP contribution in [-0.4, -0.2) is 0 Å². The molecule has 0 saturated heterocycles. The minimum Gasteiger partial charge on any atom is -0.310 e. The number of nitrogens with zero attached hydrogens (tertiary/aromatic N) is 1. The molecule has 3 aliphatic carbocycles. The van der Waals surface area contributed by atoms with Crippen molar-refractivity contribution in [2.45, 2.75) is 5.41 Å². The molecule has 0 unspecified atom stereocenters. The molecule has 0 atom stereocenters. The molecule has 11 aromatic carbocycles. The number of hydrogen-bond acceptors (Lipinski definition) is 1. The van der Waals surface area contributed by atoms with E-state index in [2.05, 4.69) is 266 Å². The largest absolute Gasteiger partial charge is 0.310 e. The maximum Gasteiger partial charge on any atom is 0.0726 e. The van der Waals surface area contributed by atoms with Gasteiger partial charge in [0, 0.05) is 16.9 Å². The molecule has 316 valence electrons. The first-order chi connectivity index (χ1) is 33.8. The zero-order valence-corrected chi connectivity index (χ0v) is 37.3. The Labute approximate surface area is 397 Å². The molecule has 14 rings (SSSR count). The van der Waals surface area contributed by atoms with Gasteiger partial charge in [0.15, 0.2) is 0 Å². The van der Waals surface area contributed by atoms with E-state index in [1.807, 2.05) is 0 Å². The smallest absolute Gasteiger partial charge is 0.0726 e. The van der Waals surface area contributed by atoms with Gasteiger partial charge in [0.1, 0.15) is 0 Å². The van der Waals surface area contributed by atoms with Crippen LogP contribution in [0.4, 0.5) is 17.1 Å². The number of fused-ring (bicyclic) bond motifs is 20. The molecule has 0 aromatic heterocycles. The van der Waals surface area contributed by atoms with Crippen LogP contribution in [0.1, 0.15) is 22.3 Å². The van der Waals surface area contributed by atoms with Crippen molar-refractivity contribution in [1.29, 1.82) is 0 Å². The first-order valence-corrected chi connectivity index (χ1v) is 23.7. The second kappa shape index (κ2) is 15.1. The highest BCUT2D eigenvalue weighted by Crippen LogP contribution is 2.64. The van der Waals surface area contributed by atoms with Crippen molar-refractivity contribution >= 4 is 17.1 Å². The van der Waals surface area contributed by atoms with Gasteiger partial charge < -0.3 is 4.90 Å². The van der Waals surface area contributed by atoms with Crippen molar-refractivity contribution in [1.82, 2.24) is 0 Å².